The smallest absolute Gasteiger partial charge is 0.337 e. The monoisotopic (exact) mass is 243 g/mol. The fourth-order valence-corrected chi connectivity index (χ4v) is 1.92. The van der Waals surface area contributed by atoms with Crippen LogP contribution >= 0.6 is 0 Å². The number of carbonyl (C=O) groups is 1. The van der Waals surface area contributed by atoms with E-state index in [1.165, 1.54) is 11.6 Å². The van der Waals surface area contributed by atoms with Gasteiger partial charge in [-0.25, -0.2) is 9.31 Å². The molecule has 0 amide bonds. The van der Waals surface area contributed by atoms with Crippen LogP contribution in [0.4, 0.5) is 0 Å². The molecule has 2 heterocycles. The second-order valence-corrected chi connectivity index (χ2v) is 3.81. The van der Waals surface area contributed by atoms with Gasteiger partial charge in [-0.1, -0.05) is 0 Å². The van der Waals surface area contributed by atoms with E-state index >= 15 is 0 Å². The van der Waals surface area contributed by atoms with Crippen LogP contribution in [0.2, 0.25) is 0 Å². The molecule has 0 radical (unpaired) electrons. The molecule has 2 aromatic heterocycles. The van der Waals surface area contributed by atoms with Gasteiger partial charge in [-0.05, 0) is 24.3 Å². The summed E-state index contributed by atoms with van der Waals surface area (Å²) in [6.45, 7) is 0. The van der Waals surface area contributed by atoms with Crippen molar-refractivity contribution in [2.24, 2.45) is 0 Å². The Morgan fingerprint density at radius 2 is 2.17 bits per heavy atom. The summed E-state index contributed by atoms with van der Waals surface area (Å²) in [4.78, 5) is 25.9. The minimum atomic E-state index is -0.446. The molecule has 0 aliphatic rings. The van der Waals surface area contributed by atoms with Crippen LogP contribution in [-0.4, -0.2) is 27.7 Å². The number of fused-ring (bicyclic) bond motifs is 3. The lowest BCUT2D eigenvalue weighted by Crippen LogP contribution is -2.11. The quantitative estimate of drug-likeness (QED) is 0.646. The standard InChI is InChI=1S/C12H9N3O3/c1-18-12(17)7-2-3-9-8(6-7)14-11(16)10-4-5-13-15(9)10/h2-6H,1H3,(H,14,16). The highest BCUT2D eigenvalue weighted by Crippen LogP contribution is 2.14. The van der Waals surface area contributed by atoms with Crippen molar-refractivity contribution in [2.45, 2.75) is 0 Å². The van der Waals surface area contributed by atoms with Gasteiger partial charge in [-0.3, -0.25) is 4.79 Å². The molecule has 0 spiro atoms. The Kier molecular flexibility index (Phi) is 2.16. The Balaban J connectivity index is 2.39. The van der Waals surface area contributed by atoms with E-state index in [0.29, 0.717) is 16.6 Å². The lowest BCUT2D eigenvalue weighted by Gasteiger charge is -2.03. The molecule has 18 heavy (non-hydrogen) atoms. The van der Waals surface area contributed by atoms with Crippen molar-refractivity contribution in [2.75, 3.05) is 7.11 Å². The highest BCUT2D eigenvalue weighted by Gasteiger charge is 2.09. The van der Waals surface area contributed by atoms with E-state index in [1.54, 1.807) is 30.5 Å². The molecule has 90 valence electrons. The third kappa shape index (κ3) is 1.39. The van der Waals surface area contributed by atoms with Crippen molar-refractivity contribution in [1.29, 1.82) is 0 Å². The number of methoxy groups -OCH3 is 1. The largest absolute Gasteiger partial charge is 0.465 e. The number of rotatable bonds is 1. The number of esters is 1. The third-order valence-electron chi connectivity index (χ3n) is 2.77. The molecule has 1 aromatic carbocycles. The Hall–Kier alpha value is -2.63. The Morgan fingerprint density at radius 3 is 2.94 bits per heavy atom. The van der Waals surface area contributed by atoms with Gasteiger partial charge in [-0.2, -0.15) is 5.10 Å². The highest BCUT2D eigenvalue weighted by atomic mass is 16.5. The Morgan fingerprint density at radius 1 is 1.33 bits per heavy atom. The van der Waals surface area contributed by atoms with E-state index in [-0.39, 0.29) is 5.56 Å². The third-order valence-corrected chi connectivity index (χ3v) is 2.77. The van der Waals surface area contributed by atoms with Crippen molar-refractivity contribution in [3.05, 3.63) is 46.4 Å². The number of ether oxygens (including phenoxy) is 1. The van der Waals surface area contributed by atoms with Gasteiger partial charge in [0.2, 0.25) is 0 Å². The average Bonchev–Trinajstić information content (AvgIpc) is 2.87. The van der Waals surface area contributed by atoms with Gasteiger partial charge >= 0.3 is 5.97 Å². The summed E-state index contributed by atoms with van der Waals surface area (Å²) < 4.78 is 6.17. The first-order valence-corrected chi connectivity index (χ1v) is 5.29. The molecule has 0 aliphatic carbocycles. The summed E-state index contributed by atoms with van der Waals surface area (Å²) in [5, 5.41) is 4.08. The van der Waals surface area contributed by atoms with E-state index in [0.717, 1.165) is 5.52 Å². The van der Waals surface area contributed by atoms with Crippen LogP contribution in [0.25, 0.3) is 16.6 Å². The van der Waals surface area contributed by atoms with E-state index < -0.39 is 5.97 Å². The number of aromatic amines is 1. The van der Waals surface area contributed by atoms with Gasteiger partial charge < -0.3 is 9.72 Å². The molecule has 6 nitrogen and oxygen atoms in total. The fraction of sp³-hybridized carbons (Fsp3) is 0.0833. The molecular formula is C12H9N3O3. The summed E-state index contributed by atoms with van der Waals surface area (Å²) >= 11 is 0. The predicted octanol–water partition coefficient (Wildman–Crippen LogP) is 0.962. The topological polar surface area (TPSA) is 76.5 Å². The first-order valence-electron chi connectivity index (χ1n) is 5.29. The molecule has 0 unspecified atom stereocenters. The SMILES string of the molecule is COC(=O)c1ccc2c(c1)[nH]c(=O)c1ccnn12. The lowest BCUT2D eigenvalue weighted by atomic mass is 10.2. The van der Waals surface area contributed by atoms with E-state index in [2.05, 4.69) is 14.8 Å². The molecule has 0 bridgehead atoms. The summed E-state index contributed by atoms with van der Waals surface area (Å²) in [7, 11) is 1.31. The fourth-order valence-electron chi connectivity index (χ4n) is 1.92. The molecule has 1 N–H and O–H groups in total. The molecule has 0 saturated carbocycles. The number of H-pyrrole nitrogens is 1. The number of hydrogen-bond donors (Lipinski definition) is 1. The van der Waals surface area contributed by atoms with Crippen molar-refractivity contribution in [3.63, 3.8) is 0 Å². The maximum atomic E-state index is 11.8. The van der Waals surface area contributed by atoms with Crippen LogP contribution < -0.4 is 5.56 Å². The predicted molar refractivity (Wildman–Crippen MR) is 64.7 cm³/mol. The zero-order chi connectivity index (χ0) is 12.7. The first kappa shape index (κ1) is 10.5. The van der Waals surface area contributed by atoms with Gasteiger partial charge in [0.05, 0.1) is 29.9 Å². The maximum absolute atomic E-state index is 11.8. The molecule has 0 aliphatic heterocycles. The van der Waals surface area contributed by atoms with Crippen molar-refractivity contribution in [3.8, 4) is 0 Å². The van der Waals surface area contributed by atoms with Crippen LogP contribution in [0.3, 0.4) is 0 Å². The second-order valence-electron chi connectivity index (χ2n) is 3.81. The summed E-state index contributed by atoms with van der Waals surface area (Å²) in [6, 6.07) is 6.56. The van der Waals surface area contributed by atoms with E-state index in [1.807, 2.05) is 0 Å². The normalized spacial score (nSPS) is 10.9. The molecule has 6 heteroatoms. The summed E-state index contributed by atoms with van der Waals surface area (Å²) in [6.07, 6.45) is 1.55. The number of carbonyl (C=O) groups excluding carboxylic acids is 1. The number of nitrogens with one attached hydrogen (secondary N) is 1. The van der Waals surface area contributed by atoms with Crippen LogP contribution in [0.15, 0.2) is 35.3 Å². The van der Waals surface area contributed by atoms with Gasteiger partial charge in [-0.15, -0.1) is 0 Å². The Labute approximate surface area is 101 Å². The second kappa shape index (κ2) is 3.69. The minimum Gasteiger partial charge on any atom is -0.465 e. The lowest BCUT2D eigenvalue weighted by molar-refractivity contribution is 0.0601. The number of hydrogen-bond acceptors (Lipinski definition) is 4. The number of aromatic nitrogens is 3. The average molecular weight is 243 g/mol. The van der Waals surface area contributed by atoms with Crippen LogP contribution in [0, 0.1) is 0 Å². The van der Waals surface area contributed by atoms with Gasteiger partial charge in [0, 0.05) is 0 Å². The zero-order valence-corrected chi connectivity index (χ0v) is 9.51. The zero-order valence-electron chi connectivity index (χ0n) is 9.51. The summed E-state index contributed by atoms with van der Waals surface area (Å²) in [5.74, 6) is -0.446. The van der Waals surface area contributed by atoms with Gasteiger partial charge in [0.25, 0.3) is 5.56 Å². The van der Waals surface area contributed by atoms with E-state index in [9.17, 15) is 9.59 Å². The summed E-state index contributed by atoms with van der Waals surface area (Å²) in [5.41, 5.74) is 1.86. The Bertz CT molecular complexity index is 816. The molecular weight excluding hydrogens is 234 g/mol. The minimum absolute atomic E-state index is 0.248. The van der Waals surface area contributed by atoms with Crippen LogP contribution in [0.1, 0.15) is 10.4 Å². The van der Waals surface area contributed by atoms with Crippen molar-refractivity contribution in [1.82, 2.24) is 14.6 Å². The van der Waals surface area contributed by atoms with Crippen molar-refractivity contribution >= 4 is 22.5 Å². The van der Waals surface area contributed by atoms with Crippen LogP contribution in [0.5, 0.6) is 0 Å². The molecule has 3 rings (SSSR count). The molecule has 0 saturated heterocycles. The first-order chi connectivity index (χ1) is 8.70. The van der Waals surface area contributed by atoms with Crippen molar-refractivity contribution < 1.29 is 9.53 Å². The van der Waals surface area contributed by atoms with Gasteiger partial charge in [0.1, 0.15) is 5.52 Å². The molecule has 0 fully saturated rings. The van der Waals surface area contributed by atoms with Crippen LogP contribution in [-0.2, 0) is 4.74 Å². The highest BCUT2D eigenvalue weighted by molar-refractivity contribution is 5.93. The molecule has 0 atom stereocenters. The van der Waals surface area contributed by atoms with Gasteiger partial charge in [0.15, 0.2) is 0 Å². The molecule has 3 aromatic rings. The van der Waals surface area contributed by atoms with E-state index in [4.69, 9.17) is 0 Å². The number of benzene rings is 1. The maximum Gasteiger partial charge on any atom is 0.337 e. The number of nitrogens with zero attached hydrogens (tertiary/aromatic N) is 2.